The normalized spacial score (nSPS) is 13.5. The maximum Gasteiger partial charge on any atom is 0.259 e. The molecule has 0 saturated carbocycles. The highest BCUT2D eigenvalue weighted by atomic mass is 32.1. The van der Waals surface area contributed by atoms with Gasteiger partial charge in [0.2, 0.25) is 5.95 Å². The lowest BCUT2D eigenvalue weighted by atomic mass is 10.2. The highest BCUT2D eigenvalue weighted by Gasteiger charge is 2.15. The van der Waals surface area contributed by atoms with Gasteiger partial charge in [0.25, 0.3) is 5.91 Å². The van der Waals surface area contributed by atoms with Crippen LogP contribution in [0.15, 0.2) is 42.2 Å². The van der Waals surface area contributed by atoms with Crippen molar-refractivity contribution in [3.8, 4) is 5.82 Å². The number of carbonyl (C=O) groups is 1. The fraction of sp³-hybridized carbons (Fsp3) is 0.263. The van der Waals surface area contributed by atoms with Gasteiger partial charge < -0.3 is 15.8 Å². The van der Waals surface area contributed by atoms with E-state index < -0.39 is 0 Å². The van der Waals surface area contributed by atoms with Crippen LogP contribution in [0.2, 0.25) is 0 Å². The van der Waals surface area contributed by atoms with Gasteiger partial charge in [0.05, 0.1) is 34.4 Å². The standard InChI is InChI=1S/C14H10N8OS.C5H10O/c15-14-16-6-9-12(21-14)8(7-24-9)13(23)20-10-2-1-3-11(19-10)22-17-4-5-18-22;1-2-4-6-5-3-1/h1-7H,(H2,15,16,21)(H,19,20,23);1-5H2. The molecule has 0 radical (unpaired) electrons. The van der Waals surface area contributed by atoms with Gasteiger partial charge in [-0.2, -0.15) is 10.2 Å². The molecule has 1 aliphatic rings. The summed E-state index contributed by atoms with van der Waals surface area (Å²) in [5, 5.41) is 12.5. The molecule has 5 heterocycles. The number of ether oxygens (including phenoxy) is 1. The van der Waals surface area contributed by atoms with Crippen molar-refractivity contribution >= 4 is 39.2 Å². The number of thiophene rings is 1. The molecule has 11 heteroatoms. The monoisotopic (exact) mass is 424 g/mol. The smallest absolute Gasteiger partial charge is 0.259 e. The first-order valence-corrected chi connectivity index (χ1v) is 10.3. The number of nitrogen functional groups attached to an aromatic ring is 1. The topological polar surface area (TPSA) is 134 Å². The molecule has 0 unspecified atom stereocenters. The number of nitrogens with two attached hydrogens (primary N) is 1. The van der Waals surface area contributed by atoms with Crippen LogP contribution in [0, 0.1) is 0 Å². The first-order valence-electron chi connectivity index (χ1n) is 9.43. The van der Waals surface area contributed by atoms with Crippen molar-refractivity contribution in [3.05, 3.63) is 47.7 Å². The van der Waals surface area contributed by atoms with Crippen molar-refractivity contribution in [2.75, 3.05) is 24.3 Å². The van der Waals surface area contributed by atoms with Crippen molar-refractivity contribution in [1.29, 1.82) is 0 Å². The molecule has 0 spiro atoms. The zero-order valence-corrected chi connectivity index (χ0v) is 16.9. The maximum absolute atomic E-state index is 12.5. The number of fused-ring (bicyclic) bond motifs is 1. The minimum atomic E-state index is -0.322. The van der Waals surface area contributed by atoms with Gasteiger partial charge in [-0.15, -0.1) is 16.1 Å². The predicted molar refractivity (Wildman–Crippen MR) is 114 cm³/mol. The van der Waals surface area contributed by atoms with E-state index in [0.717, 1.165) is 17.9 Å². The molecule has 1 aliphatic heterocycles. The second-order valence-corrected chi connectivity index (χ2v) is 7.33. The van der Waals surface area contributed by atoms with Gasteiger partial charge in [-0.1, -0.05) is 6.07 Å². The number of anilines is 2. The molecule has 30 heavy (non-hydrogen) atoms. The largest absolute Gasteiger partial charge is 0.381 e. The summed E-state index contributed by atoms with van der Waals surface area (Å²) in [6.07, 6.45) is 8.63. The molecular formula is C19H20N8O2S. The number of nitrogens with one attached hydrogen (secondary N) is 1. The maximum atomic E-state index is 12.5. The third-order valence-electron chi connectivity index (χ3n) is 4.25. The van der Waals surface area contributed by atoms with E-state index in [0.29, 0.717) is 22.7 Å². The summed E-state index contributed by atoms with van der Waals surface area (Å²) >= 11 is 1.38. The Hall–Kier alpha value is -3.44. The van der Waals surface area contributed by atoms with E-state index in [4.69, 9.17) is 10.5 Å². The van der Waals surface area contributed by atoms with Crippen LogP contribution in [0.3, 0.4) is 0 Å². The number of pyridine rings is 1. The average Bonchev–Trinajstić information content (AvgIpc) is 3.46. The molecule has 4 aromatic heterocycles. The second kappa shape index (κ2) is 9.37. The van der Waals surface area contributed by atoms with E-state index in [1.54, 1.807) is 42.2 Å². The van der Waals surface area contributed by atoms with Crippen LogP contribution in [0.25, 0.3) is 16.0 Å². The molecule has 0 atom stereocenters. The minimum absolute atomic E-state index is 0.125. The molecule has 3 N–H and O–H groups in total. The number of amides is 1. The Labute approximate surface area is 176 Å². The molecule has 4 aromatic rings. The van der Waals surface area contributed by atoms with Crippen molar-refractivity contribution in [3.63, 3.8) is 0 Å². The van der Waals surface area contributed by atoms with Crippen LogP contribution in [0.5, 0.6) is 0 Å². The quantitative estimate of drug-likeness (QED) is 0.513. The lowest BCUT2D eigenvalue weighted by Crippen LogP contribution is -2.14. The summed E-state index contributed by atoms with van der Waals surface area (Å²) in [7, 11) is 0. The van der Waals surface area contributed by atoms with E-state index in [-0.39, 0.29) is 11.9 Å². The van der Waals surface area contributed by atoms with Gasteiger partial charge in [0, 0.05) is 18.6 Å². The van der Waals surface area contributed by atoms with Gasteiger partial charge in [0.1, 0.15) is 5.82 Å². The highest BCUT2D eigenvalue weighted by molar-refractivity contribution is 7.17. The van der Waals surface area contributed by atoms with E-state index >= 15 is 0 Å². The average molecular weight is 424 g/mol. The first kappa shape index (κ1) is 19.9. The predicted octanol–water partition coefficient (Wildman–Crippen LogP) is 2.69. The molecule has 0 bridgehead atoms. The molecule has 1 fully saturated rings. The molecule has 0 aliphatic carbocycles. The number of hydrogen-bond acceptors (Lipinski definition) is 9. The third kappa shape index (κ3) is 4.75. The molecule has 1 amide bonds. The Morgan fingerprint density at radius 2 is 1.93 bits per heavy atom. The number of rotatable bonds is 3. The molecular weight excluding hydrogens is 404 g/mol. The number of carbonyl (C=O) groups excluding carboxylic acids is 1. The lowest BCUT2D eigenvalue weighted by Gasteiger charge is -2.08. The summed E-state index contributed by atoms with van der Waals surface area (Å²) in [5.74, 6) is 0.688. The molecule has 10 nitrogen and oxygen atoms in total. The zero-order chi connectivity index (χ0) is 20.8. The Bertz CT molecular complexity index is 1110. The van der Waals surface area contributed by atoms with Crippen molar-refractivity contribution in [2.45, 2.75) is 19.3 Å². The SMILES string of the molecule is C1CCOCC1.Nc1ncc2scc(C(=O)Nc3cccc(-n4nccn4)n3)c2n1. The summed E-state index contributed by atoms with van der Waals surface area (Å²) in [6.45, 7) is 2.00. The summed E-state index contributed by atoms with van der Waals surface area (Å²) < 4.78 is 5.86. The number of aromatic nitrogens is 6. The summed E-state index contributed by atoms with van der Waals surface area (Å²) in [6, 6.07) is 5.18. The molecule has 154 valence electrons. The van der Waals surface area contributed by atoms with Crippen LogP contribution in [-0.4, -0.2) is 49.1 Å². The van der Waals surface area contributed by atoms with Crippen LogP contribution >= 0.6 is 11.3 Å². The van der Waals surface area contributed by atoms with Gasteiger partial charge in [0.15, 0.2) is 5.82 Å². The molecule has 5 rings (SSSR count). The minimum Gasteiger partial charge on any atom is -0.381 e. The lowest BCUT2D eigenvalue weighted by molar-refractivity contribution is 0.0968. The summed E-state index contributed by atoms with van der Waals surface area (Å²) in [5.41, 5.74) is 6.55. The fourth-order valence-corrected chi connectivity index (χ4v) is 3.66. The van der Waals surface area contributed by atoms with Crippen molar-refractivity contribution in [2.24, 2.45) is 0 Å². The van der Waals surface area contributed by atoms with Crippen molar-refractivity contribution in [1.82, 2.24) is 29.9 Å². The number of hydrogen-bond donors (Lipinski definition) is 2. The Morgan fingerprint density at radius 1 is 1.13 bits per heavy atom. The van der Waals surface area contributed by atoms with Crippen LogP contribution in [0.4, 0.5) is 11.8 Å². The van der Waals surface area contributed by atoms with E-state index in [2.05, 4.69) is 30.5 Å². The zero-order valence-electron chi connectivity index (χ0n) is 16.1. The van der Waals surface area contributed by atoms with E-state index in [1.165, 1.54) is 35.4 Å². The summed E-state index contributed by atoms with van der Waals surface area (Å²) in [4.78, 5) is 26.2. The van der Waals surface area contributed by atoms with Gasteiger partial charge >= 0.3 is 0 Å². The fourth-order valence-electron chi connectivity index (χ4n) is 2.81. The molecule has 1 saturated heterocycles. The third-order valence-corrected chi connectivity index (χ3v) is 5.16. The first-order chi connectivity index (χ1) is 14.7. The Morgan fingerprint density at radius 3 is 2.63 bits per heavy atom. The van der Waals surface area contributed by atoms with Gasteiger partial charge in [-0.25, -0.2) is 15.0 Å². The van der Waals surface area contributed by atoms with Crippen LogP contribution in [0.1, 0.15) is 29.6 Å². The van der Waals surface area contributed by atoms with Gasteiger partial charge in [-0.05, 0) is 31.4 Å². The Balaban J connectivity index is 0.000000313. The van der Waals surface area contributed by atoms with E-state index in [1.807, 2.05) is 0 Å². The van der Waals surface area contributed by atoms with Crippen LogP contribution in [-0.2, 0) is 4.74 Å². The highest BCUT2D eigenvalue weighted by Crippen LogP contribution is 2.24. The van der Waals surface area contributed by atoms with Gasteiger partial charge in [-0.3, -0.25) is 4.79 Å². The molecule has 0 aromatic carbocycles. The number of nitrogens with zero attached hydrogens (tertiary/aromatic N) is 6. The van der Waals surface area contributed by atoms with E-state index in [9.17, 15) is 4.79 Å². The second-order valence-electron chi connectivity index (χ2n) is 6.42. The van der Waals surface area contributed by atoms with Crippen molar-refractivity contribution < 1.29 is 9.53 Å². The van der Waals surface area contributed by atoms with Crippen LogP contribution < -0.4 is 11.1 Å². The Kier molecular flexibility index (Phi) is 6.20.